The molecule has 0 aliphatic rings. The van der Waals surface area contributed by atoms with Crippen LogP contribution in [0.2, 0.25) is 5.02 Å². The van der Waals surface area contributed by atoms with Crippen LogP contribution in [0.4, 0.5) is 10.1 Å². The number of nitrogen functional groups attached to an aromatic ring is 1. The van der Waals surface area contributed by atoms with Crippen LogP contribution in [0.3, 0.4) is 0 Å². The largest absolute Gasteiger partial charge is 0.398 e. The summed E-state index contributed by atoms with van der Waals surface area (Å²) in [5.74, 6) is -0.839. The van der Waals surface area contributed by atoms with Gasteiger partial charge in [-0.1, -0.05) is 23.7 Å². The van der Waals surface area contributed by atoms with Crippen molar-refractivity contribution in [1.82, 2.24) is 0 Å². The molecule has 0 aromatic heterocycles. The van der Waals surface area contributed by atoms with Crippen molar-refractivity contribution < 1.29 is 12.8 Å². The maximum Gasteiger partial charge on any atom is 0.182 e. The fraction of sp³-hybridized carbons (Fsp3) is 0.0769. The van der Waals surface area contributed by atoms with Gasteiger partial charge in [0.15, 0.2) is 9.84 Å². The summed E-state index contributed by atoms with van der Waals surface area (Å²) in [6.45, 7) is 0. The van der Waals surface area contributed by atoms with E-state index in [0.29, 0.717) is 16.3 Å². The van der Waals surface area contributed by atoms with E-state index in [0.717, 1.165) is 6.07 Å². The summed E-state index contributed by atoms with van der Waals surface area (Å²) >= 11 is 5.77. The van der Waals surface area contributed by atoms with E-state index in [4.69, 9.17) is 17.3 Å². The fourth-order valence-corrected chi connectivity index (χ4v) is 3.13. The molecule has 0 aliphatic carbocycles. The monoisotopic (exact) mass is 299 g/mol. The highest BCUT2D eigenvalue weighted by Crippen LogP contribution is 2.23. The number of rotatable bonds is 3. The van der Waals surface area contributed by atoms with E-state index in [1.54, 1.807) is 6.07 Å². The van der Waals surface area contributed by atoms with Crippen LogP contribution in [-0.4, -0.2) is 8.42 Å². The van der Waals surface area contributed by atoms with Gasteiger partial charge in [0.2, 0.25) is 0 Å². The third kappa shape index (κ3) is 3.24. The second-order valence-corrected chi connectivity index (χ2v) is 6.47. The Morgan fingerprint density at radius 3 is 2.53 bits per heavy atom. The first kappa shape index (κ1) is 13.8. The predicted octanol–water partition coefficient (Wildman–Crippen LogP) is 3.04. The van der Waals surface area contributed by atoms with Gasteiger partial charge in [0, 0.05) is 0 Å². The molecule has 0 fully saturated rings. The summed E-state index contributed by atoms with van der Waals surface area (Å²) in [6.07, 6.45) is 0. The number of benzene rings is 2. The van der Waals surface area contributed by atoms with Gasteiger partial charge in [-0.15, -0.1) is 0 Å². The smallest absolute Gasteiger partial charge is 0.182 e. The molecule has 19 heavy (non-hydrogen) atoms. The molecular formula is C13H11ClFNO2S. The summed E-state index contributed by atoms with van der Waals surface area (Å²) < 4.78 is 37.3. The zero-order valence-electron chi connectivity index (χ0n) is 9.81. The lowest BCUT2D eigenvalue weighted by Gasteiger charge is -2.06. The Bertz CT molecular complexity index is 716. The lowest BCUT2D eigenvalue weighted by atomic mass is 10.2. The number of hydrogen-bond donors (Lipinski definition) is 1. The fourth-order valence-electron chi connectivity index (χ4n) is 1.65. The van der Waals surface area contributed by atoms with Gasteiger partial charge in [-0.2, -0.15) is 0 Å². The van der Waals surface area contributed by atoms with E-state index < -0.39 is 15.7 Å². The van der Waals surface area contributed by atoms with Crippen molar-refractivity contribution in [2.75, 3.05) is 5.73 Å². The normalized spacial score (nSPS) is 11.5. The van der Waals surface area contributed by atoms with Crippen LogP contribution in [0, 0.1) is 5.82 Å². The standard InChI is InChI=1S/C13H11ClFNO2S/c14-12-5-4-9(6-13(12)16)8-19(17,18)11-3-1-2-10(15)7-11/h1-7H,8,16H2. The number of hydrogen-bond acceptors (Lipinski definition) is 3. The molecule has 0 saturated heterocycles. The number of sulfone groups is 1. The molecule has 3 nitrogen and oxygen atoms in total. The highest BCUT2D eigenvalue weighted by Gasteiger charge is 2.16. The van der Waals surface area contributed by atoms with Gasteiger partial charge in [0.05, 0.1) is 21.4 Å². The summed E-state index contributed by atoms with van der Waals surface area (Å²) in [7, 11) is -3.60. The zero-order chi connectivity index (χ0) is 14.0. The quantitative estimate of drug-likeness (QED) is 0.886. The molecular weight excluding hydrogens is 289 g/mol. The maximum absolute atomic E-state index is 13.1. The molecule has 0 saturated carbocycles. The van der Waals surface area contributed by atoms with Crippen molar-refractivity contribution in [1.29, 1.82) is 0 Å². The van der Waals surface area contributed by atoms with Gasteiger partial charge in [0.1, 0.15) is 5.82 Å². The van der Waals surface area contributed by atoms with E-state index >= 15 is 0 Å². The van der Waals surface area contributed by atoms with Gasteiger partial charge in [0.25, 0.3) is 0 Å². The van der Waals surface area contributed by atoms with Crippen molar-refractivity contribution in [2.45, 2.75) is 10.6 Å². The Kier molecular flexibility index (Phi) is 3.78. The topological polar surface area (TPSA) is 60.2 Å². The maximum atomic E-state index is 13.1. The van der Waals surface area contributed by atoms with Gasteiger partial charge < -0.3 is 5.73 Å². The highest BCUT2D eigenvalue weighted by molar-refractivity contribution is 7.90. The molecule has 0 radical (unpaired) electrons. The van der Waals surface area contributed by atoms with Crippen molar-refractivity contribution in [2.24, 2.45) is 0 Å². The van der Waals surface area contributed by atoms with Crippen LogP contribution >= 0.6 is 11.6 Å². The van der Waals surface area contributed by atoms with E-state index in [2.05, 4.69) is 0 Å². The van der Waals surface area contributed by atoms with Crippen LogP contribution < -0.4 is 5.73 Å². The molecule has 2 rings (SSSR count). The molecule has 2 aromatic rings. The molecule has 100 valence electrons. The van der Waals surface area contributed by atoms with Crippen molar-refractivity contribution >= 4 is 27.1 Å². The predicted molar refractivity (Wildman–Crippen MR) is 73.2 cm³/mol. The second-order valence-electron chi connectivity index (χ2n) is 4.07. The number of anilines is 1. The molecule has 0 unspecified atom stereocenters. The summed E-state index contributed by atoms with van der Waals surface area (Å²) in [5.41, 5.74) is 6.43. The zero-order valence-corrected chi connectivity index (χ0v) is 11.4. The molecule has 0 aliphatic heterocycles. The Morgan fingerprint density at radius 1 is 1.16 bits per heavy atom. The Labute approximate surface area is 115 Å². The first-order valence-electron chi connectivity index (χ1n) is 5.41. The van der Waals surface area contributed by atoms with Crippen LogP contribution in [0.25, 0.3) is 0 Å². The minimum atomic E-state index is -3.60. The van der Waals surface area contributed by atoms with E-state index in [-0.39, 0.29) is 10.6 Å². The lowest BCUT2D eigenvalue weighted by Crippen LogP contribution is -2.05. The molecule has 0 spiro atoms. The third-order valence-corrected chi connectivity index (χ3v) is 4.60. The van der Waals surface area contributed by atoms with Crippen molar-refractivity contribution in [3.63, 3.8) is 0 Å². The Hall–Kier alpha value is -1.59. The molecule has 0 bridgehead atoms. The van der Waals surface area contributed by atoms with Crippen LogP contribution in [-0.2, 0) is 15.6 Å². The minimum Gasteiger partial charge on any atom is -0.398 e. The number of halogens is 2. The van der Waals surface area contributed by atoms with E-state index in [9.17, 15) is 12.8 Å². The summed E-state index contributed by atoms with van der Waals surface area (Å²) in [4.78, 5) is -0.0546. The summed E-state index contributed by atoms with van der Waals surface area (Å²) in [5, 5.41) is 0.368. The SMILES string of the molecule is Nc1cc(CS(=O)(=O)c2cccc(F)c2)ccc1Cl. The first-order valence-corrected chi connectivity index (χ1v) is 7.44. The van der Waals surface area contributed by atoms with Gasteiger partial charge in [-0.3, -0.25) is 0 Å². The molecule has 0 atom stereocenters. The van der Waals surface area contributed by atoms with Crippen LogP contribution in [0.15, 0.2) is 47.4 Å². The Balaban J connectivity index is 2.33. The Morgan fingerprint density at radius 2 is 1.89 bits per heavy atom. The lowest BCUT2D eigenvalue weighted by molar-refractivity contribution is 0.590. The number of nitrogens with two attached hydrogens (primary N) is 1. The average molecular weight is 300 g/mol. The first-order chi connectivity index (χ1) is 8.88. The van der Waals surface area contributed by atoms with Crippen molar-refractivity contribution in [3.05, 3.63) is 58.9 Å². The van der Waals surface area contributed by atoms with Gasteiger partial charge in [-0.05, 0) is 35.9 Å². The van der Waals surface area contributed by atoms with E-state index in [1.165, 1.54) is 30.3 Å². The summed E-state index contributed by atoms with van der Waals surface area (Å²) in [6, 6.07) is 9.52. The second kappa shape index (κ2) is 5.19. The molecule has 0 heterocycles. The minimum absolute atomic E-state index is 0.0546. The van der Waals surface area contributed by atoms with Crippen LogP contribution in [0.1, 0.15) is 5.56 Å². The van der Waals surface area contributed by atoms with Crippen molar-refractivity contribution in [3.8, 4) is 0 Å². The third-order valence-electron chi connectivity index (χ3n) is 2.57. The molecule has 2 aromatic carbocycles. The van der Waals surface area contributed by atoms with Crippen LogP contribution in [0.5, 0.6) is 0 Å². The average Bonchev–Trinajstić information content (AvgIpc) is 2.33. The highest BCUT2D eigenvalue weighted by atomic mass is 35.5. The van der Waals surface area contributed by atoms with Gasteiger partial charge >= 0.3 is 0 Å². The molecule has 6 heteroatoms. The van der Waals surface area contributed by atoms with Gasteiger partial charge in [-0.25, -0.2) is 12.8 Å². The van der Waals surface area contributed by atoms with E-state index in [1.807, 2.05) is 0 Å². The molecule has 2 N–H and O–H groups in total. The molecule has 0 amide bonds.